The number of rotatable bonds is 6. The zero-order chi connectivity index (χ0) is 22.9. The van der Waals surface area contributed by atoms with Crippen molar-refractivity contribution in [1.29, 1.82) is 0 Å². The normalized spacial score (nSPS) is 13.6. The summed E-state index contributed by atoms with van der Waals surface area (Å²) in [5.41, 5.74) is 4.03. The largest absolute Gasteiger partial charge is 0.449 e. The zero-order valence-electron chi connectivity index (χ0n) is 17.9. The molecule has 0 spiro atoms. The fourth-order valence-corrected chi connectivity index (χ4v) is 3.60. The van der Waals surface area contributed by atoms with Crippen LogP contribution in [0.1, 0.15) is 54.7 Å². The molecule has 160 valence electrons. The molecule has 1 atom stereocenters. The molecule has 3 amide bonds. The highest BCUT2D eigenvalue weighted by molar-refractivity contribution is 6.22. The van der Waals surface area contributed by atoms with E-state index >= 15 is 0 Å². The summed E-state index contributed by atoms with van der Waals surface area (Å²) in [7, 11) is 0. The minimum atomic E-state index is -1.06. The topological polar surface area (TPSA) is 92.8 Å². The highest BCUT2D eigenvalue weighted by Crippen LogP contribution is 2.25. The van der Waals surface area contributed by atoms with Crippen LogP contribution >= 0.6 is 0 Å². The number of hydrogen-bond acceptors (Lipinski definition) is 5. The van der Waals surface area contributed by atoms with Gasteiger partial charge in [0.05, 0.1) is 16.7 Å². The summed E-state index contributed by atoms with van der Waals surface area (Å²) in [6.07, 6.45) is 0.393. The average molecular weight is 420 g/mol. The van der Waals surface area contributed by atoms with E-state index in [0.717, 1.165) is 21.6 Å². The highest BCUT2D eigenvalue weighted by atomic mass is 16.5. The molecule has 0 saturated carbocycles. The van der Waals surface area contributed by atoms with Gasteiger partial charge in [-0.2, -0.15) is 0 Å². The molecule has 3 rings (SSSR count). The molecule has 1 heterocycles. The molecule has 7 heteroatoms. The van der Waals surface area contributed by atoms with Crippen LogP contribution in [-0.4, -0.2) is 41.2 Å². The number of fused-ring (bicyclic) bond motifs is 1. The first-order valence-electron chi connectivity index (χ1n) is 9.85. The second-order valence-electron chi connectivity index (χ2n) is 7.58. The van der Waals surface area contributed by atoms with Crippen molar-refractivity contribution in [2.45, 2.75) is 33.8 Å². The average Bonchev–Trinajstić information content (AvgIpc) is 2.95. The zero-order valence-corrected chi connectivity index (χ0v) is 17.9. The van der Waals surface area contributed by atoms with E-state index in [9.17, 15) is 19.2 Å². The molecule has 0 bridgehead atoms. The molecule has 31 heavy (non-hydrogen) atoms. The Morgan fingerprint density at radius 1 is 1.06 bits per heavy atom. The number of carbonyl (C=O) groups is 4. The molecule has 1 aliphatic rings. The number of esters is 1. The molecule has 1 N–H and O–H groups in total. The van der Waals surface area contributed by atoms with Gasteiger partial charge in [-0.1, -0.05) is 23.8 Å². The minimum Gasteiger partial charge on any atom is -0.449 e. The van der Waals surface area contributed by atoms with Gasteiger partial charge >= 0.3 is 5.97 Å². The predicted octanol–water partition coefficient (Wildman–Crippen LogP) is 3.58. The summed E-state index contributed by atoms with van der Waals surface area (Å²) < 4.78 is 5.29. The van der Waals surface area contributed by atoms with E-state index < -0.39 is 29.8 Å². The maximum atomic E-state index is 12.6. The standard InChI is InChI=1S/C24H24N2O5/c1-6-9-26-22(28)18-8-7-17(12-19(18)23(26)29)24(30)31-16(5)21(27)25-20-14(3)10-13(2)11-15(20)4/h6-8,10-12,16H,1,9H2,2-5H3,(H,25,27)/t16-/m1/s1. The second kappa shape index (κ2) is 8.55. The van der Waals surface area contributed by atoms with Gasteiger partial charge in [-0.15, -0.1) is 6.58 Å². The van der Waals surface area contributed by atoms with Gasteiger partial charge in [-0.25, -0.2) is 4.79 Å². The van der Waals surface area contributed by atoms with E-state index in [1.54, 1.807) is 0 Å². The lowest BCUT2D eigenvalue weighted by molar-refractivity contribution is -0.123. The fourth-order valence-electron chi connectivity index (χ4n) is 3.60. The predicted molar refractivity (Wildman–Crippen MR) is 116 cm³/mol. The maximum absolute atomic E-state index is 12.6. The van der Waals surface area contributed by atoms with Crippen molar-refractivity contribution in [2.75, 3.05) is 11.9 Å². The Morgan fingerprint density at radius 3 is 2.29 bits per heavy atom. The van der Waals surface area contributed by atoms with Gasteiger partial charge in [0.25, 0.3) is 17.7 Å². The molecule has 7 nitrogen and oxygen atoms in total. The van der Waals surface area contributed by atoms with Crippen LogP contribution in [0.15, 0.2) is 43.0 Å². The molecule has 0 saturated heterocycles. The summed E-state index contributed by atoms with van der Waals surface area (Å²) in [5.74, 6) is -2.15. The number of benzene rings is 2. The monoisotopic (exact) mass is 420 g/mol. The molecule has 0 unspecified atom stereocenters. The molecule has 0 fully saturated rings. The first-order valence-corrected chi connectivity index (χ1v) is 9.85. The number of amides is 3. The third-order valence-corrected chi connectivity index (χ3v) is 5.10. The molecule has 0 radical (unpaired) electrons. The van der Waals surface area contributed by atoms with Crippen molar-refractivity contribution in [3.63, 3.8) is 0 Å². The van der Waals surface area contributed by atoms with Crippen molar-refractivity contribution in [1.82, 2.24) is 4.90 Å². The molecule has 2 aromatic rings. The van der Waals surface area contributed by atoms with Crippen LogP contribution in [0.4, 0.5) is 5.69 Å². The van der Waals surface area contributed by atoms with E-state index in [0.29, 0.717) is 5.69 Å². The van der Waals surface area contributed by atoms with Crippen LogP contribution in [0.3, 0.4) is 0 Å². The molecular formula is C24H24N2O5. The van der Waals surface area contributed by atoms with Crippen LogP contribution < -0.4 is 5.32 Å². The quantitative estimate of drug-likeness (QED) is 0.438. The third-order valence-electron chi connectivity index (χ3n) is 5.10. The Balaban J connectivity index is 1.72. The summed E-state index contributed by atoms with van der Waals surface area (Å²) in [6, 6.07) is 8.05. The molecule has 2 aromatic carbocycles. The Hall–Kier alpha value is -3.74. The van der Waals surface area contributed by atoms with Crippen LogP contribution in [0.5, 0.6) is 0 Å². The summed E-state index contributed by atoms with van der Waals surface area (Å²) >= 11 is 0. The Morgan fingerprint density at radius 2 is 1.68 bits per heavy atom. The number of imide groups is 1. The Bertz CT molecular complexity index is 1100. The molecule has 0 aliphatic carbocycles. The minimum absolute atomic E-state index is 0.0845. The van der Waals surface area contributed by atoms with Crippen molar-refractivity contribution in [3.05, 3.63) is 76.4 Å². The number of hydrogen-bond donors (Lipinski definition) is 1. The fraction of sp³-hybridized carbons (Fsp3) is 0.250. The molecular weight excluding hydrogens is 396 g/mol. The van der Waals surface area contributed by atoms with Crippen molar-refractivity contribution >= 4 is 29.4 Å². The van der Waals surface area contributed by atoms with Gasteiger partial charge in [-0.05, 0) is 57.0 Å². The first-order chi connectivity index (χ1) is 14.6. The number of nitrogens with zero attached hydrogens (tertiary/aromatic N) is 1. The van der Waals surface area contributed by atoms with Crippen molar-refractivity contribution in [3.8, 4) is 0 Å². The number of carbonyl (C=O) groups excluding carboxylic acids is 4. The van der Waals surface area contributed by atoms with Crippen LogP contribution in [0.2, 0.25) is 0 Å². The van der Waals surface area contributed by atoms with Crippen LogP contribution in [0, 0.1) is 20.8 Å². The van der Waals surface area contributed by atoms with E-state index in [1.165, 1.54) is 31.2 Å². The van der Waals surface area contributed by atoms with Gasteiger partial charge in [0, 0.05) is 12.2 Å². The van der Waals surface area contributed by atoms with Gasteiger partial charge in [0.15, 0.2) is 6.10 Å². The Labute approximate surface area is 180 Å². The lowest BCUT2D eigenvalue weighted by atomic mass is 10.0. The van der Waals surface area contributed by atoms with E-state index in [2.05, 4.69) is 11.9 Å². The SMILES string of the molecule is C=CCN1C(=O)c2ccc(C(=O)O[C@H](C)C(=O)Nc3c(C)cc(C)cc3C)cc2C1=O. The Kier molecular flexibility index (Phi) is 6.06. The lowest BCUT2D eigenvalue weighted by Crippen LogP contribution is -2.30. The summed E-state index contributed by atoms with van der Waals surface area (Å²) in [5, 5.41) is 2.81. The summed E-state index contributed by atoms with van der Waals surface area (Å²) in [4.78, 5) is 50.9. The number of nitrogens with one attached hydrogen (secondary N) is 1. The molecule has 1 aliphatic heterocycles. The maximum Gasteiger partial charge on any atom is 0.338 e. The van der Waals surface area contributed by atoms with Gasteiger partial charge in [0.2, 0.25) is 0 Å². The third kappa shape index (κ3) is 4.26. The number of anilines is 1. The van der Waals surface area contributed by atoms with E-state index in [-0.39, 0.29) is 23.2 Å². The smallest absolute Gasteiger partial charge is 0.338 e. The molecule has 0 aromatic heterocycles. The lowest BCUT2D eigenvalue weighted by Gasteiger charge is -2.17. The van der Waals surface area contributed by atoms with Gasteiger partial charge < -0.3 is 10.1 Å². The number of aryl methyl sites for hydroxylation is 3. The first kappa shape index (κ1) is 22.0. The van der Waals surface area contributed by atoms with Crippen molar-refractivity contribution < 1.29 is 23.9 Å². The van der Waals surface area contributed by atoms with Gasteiger partial charge in [-0.3, -0.25) is 19.3 Å². The van der Waals surface area contributed by atoms with Crippen molar-refractivity contribution in [2.24, 2.45) is 0 Å². The highest BCUT2D eigenvalue weighted by Gasteiger charge is 2.35. The summed E-state index contributed by atoms with van der Waals surface area (Å²) in [6.45, 7) is 10.9. The van der Waals surface area contributed by atoms with Gasteiger partial charge in [0.1, 0.15) is 0 Å². The number of ether oxygens (including phenoxy) is 1. The second-order valence-corrected chi connectivity index (χ2v) is 7.58. The van der Waals surface area contributed by atoms with Crippen LogP contribution in [-0.2, 0) is 9.53 Å². The van der Waals surface area contributed by atoms with E-state index in [4.69, 9.17) is 4.74 Å². The van der Waals surface area contributed by atoms with E-state index in [1.807, 2.05) is 32.9 Å². The van der Waals surface area contributed by atoms with Crippen LogP contribution in [0.25, 0.3) is 0 Å².